The van der Waals surface area contributed by atoms with Crippen LogP contribution >= 0.6 is 23.1 Å². The molecule has 2 amide bonds. The number of aliphatic carboxylic acids is 2. The van der Waals surface area contributed by atoms with E-state index in [2.05, 4.69) is 15.5 Å². The number of oxime groups is 1. The van der Waals surface area contributed by atoms with Crippen LogP contribution in [0, 0.1) is 0 Å². The van der Waals surface area contributed by atoms with Gasteiger partial charge in [0.05, 0.1) is 5.97 Å². The minimum atomic E-state index is -1.75. The monoisotopic (exact) mass is 546 g/mol. The quantitative estimate of drug-likeness (QED) is 0.147. The third kappa shape index (κ3) is 5.27. The molecule has 0 radical (unpaired) electrons. The molecule has 3 unspecified atom stereocenters. The Bertz CT molecular complexity index is 1310. The van der Waals surface area contributed by atoms with E-state index in [0.29, 0.717) is 5.57 Å². The highest BCUT2D eigenvalue weighted by molar-refractivity contribution is 8.02. The summed E-state index contributed by atoms with van der Waals surface area (Å²) >= 11 is 2.21. The van der Waals surface area contributed by atoms with E-state index in [0.717, 1.165) is 16.2 Å². The van der Waals surface area contributed by atoms with Gasteiger partial charge in [0, 0.05) is 23.1 Å². The zero-order valence-corrected chi connectivity index (χ0v) is 21.2. The number of carbonyl (C=O) groups is 4. The Labute approximate surface area is 218 Å². The Morgan fingerprint density at radius 3 is 2.62 bits per heavy atom. The Kier molecular flexibility index (Phi) is 7.18. The first-order valence-corrected chi connectivity index (χ1v) is 12.6. The van der Waals surface area contributed by atoms with E-state index in [4.69, 9.17) is 10.6 Å². The van der Waals surface area contributed by atoms with Gasteiger partial charge in [-0.1, -0.05) is 11.2 Å². The molecule has 15 heteroatoms. The molecule has 1 saturated heterocycles. The van der Waals surface area contributed by atoms with E-state index >= 15 is 0 Å². The van der Waals surface area contributed by atoms with Crippen LogP contribution in [0.25, 0.3) is 0 Å². The standard InChI is InChI=1S/C22H22N6O7S2/c1-22(2,20(33)34)35-26-13(12-10-37-21(23)24-12)16(29)25-14-17(30)28-15(19(31)32)11(9-36-18(14)28)8-27-6-4-3-5-7-27/h3-7,9-10,14-15,18H,8H2,1-2H3,(H4-,23,24,25,29,31,32,33,34). The molecular formula is C22H22N6O7S2. The molecule has 4 N–H and O–H groups in total. The van der Waals surface area contributed by atoms with Crippen molar-refractivity contribution in [1.82, 2.24) is 15.2 Å². The second-order valence-electron chi connectivity index (χ2n) is 8.60. The minimum Gasteiger partial charge on any atom is -0.548 e. The number of nitrogens with one attached hydrogen (secondary N) is 1. The van der Waals surface area contributed by atoms with Crippen LogP contribution in [-0.4, -0.2) is 67.5 Å². The van der Waals surface area contributed by atoms with Gasteiger partial charge in [0.15, 0.2) is 29.8 Å². The van der Waals surface area contributed by atoms with Crippen molar-refractivity contribution in [3.05, 3.63) is 52.6 Å². The lowest BCUT2D eigenvalue weighted by atomic mass is 9.97. The number of thioether (sulfide) groups is 1. The number of fused-ring (bicyclic) bond motifs is 1. The van der Waals surface area contributed by atoms with Gasteiger partial charge in [-0.3, -0.25) is 9.59 Å². The van der Waals surface area contributed by atoms with E-state index in [-0.39, 0.29) is 23.1 Å². The number of aromatic nitrogens is 2. The normalized spacial score (nSPS) is 21.4. The molecule has 2 aromatic rings. The molecule has 13 nitrogen and oxygen atoms in total. The highest BCUT2D eigenvalue weighted by Gasteiger charge is 2.55. The molecule has 2 aromatic heterocycles. The molecule has 4 heterocycles. The fourth-order valence-corrected chi connectivity index (χ4v) is 5.35. The number of thiazole rings is 1. The first kappa shape index (κ1) is 26.1. The van der Waals surface area contributed by atoms with Crippen LogP contribution in [0.5, 0.6) is 0 Å². The zero-order chi connectivity index (χ0) is 26.9. The van der Waals surface area contributed by atoms with Crippen molar-refractivity contribution in [3.8, 4) is 0 Å². The van der Waals surface area contributed by atoms with Crippen molar-refractivity contribution in [3.63, 3.8) is 0 Å². The van der Waals surface area contributed by atoms with E-state index in [1.807, 2.05) is 6.07 Å². The lowest BCUT2D eigenvalue weighted by molar-refractivity contribution is -0.689. The number of carboxylic acids is 2. The zero-order valence-electron chi connectivity index (χ0n) is 19.6. The van der Waals surface area contributed by atoms with Gasteiger partial charge in [-0.2, -0.15) is 0 Å². The van der Waals surface area contributed by atoms with Gasteiger partial charge < -0.3 is 35.8 Å². The maximum atomic E-state index is 13.1. The smallest absolute Gasteiger partial charge is 0.350 e. The predicted octanol–water partition coefficient (Wildman–Crippen LogP) is -1.30. The third-order valence-electron chi connectivity index (χ3n) is 5.58. The third-order valence-corrected chi connectivity index (χ3v) is 7.47. The molecule has 0 spiro atoms. The van der Waals surface area contributed by atoms with Gasteiger partial charge in [-0.05, 0) is 19.3 Å². The molecule has 0 aromatic carbocycles. The summed E-state index contributed by atoms with van der Waals surface area (Å²) in [5.41, 5.74) is 4.00. The van der Waals surface area contributed by atoms with Gasteiger partial charge in [-0.15, -0.1) is 23.1 Å². The number of hydrogen-bond acceptors (Lipinski definition) is 11. The average Bonchev–Trinajstić information content (AvgIpc) is 3.28. The van der Waals surface area contributed by atoms with Crippen LogP contribution in [0.15, 0.2) is 52.1 Å². The Morgan fingerprint density at radius 1 is 1.32 bits per heavy atom. The summed E-state index contributed by atoms with van der Waals surface area (Å²) in [7, 11) is 0. The lowest BCUT2D eigenvalue weighted by Gasteiger charge is -2.52. The number of nitrogens with two attached hydrogens (primary N) is 1. The molecule has 0 aliphatic carbocycles. The second-order valence-corrected chi connectivity index (χ2v) is 10.5. The Hall–Kier alpha value is -3.98. The first-order valence-electron chi connectivity index (χ1n) is 10.8. The number of hydrogen-bond donors (Lipinski definition) is 3. The maximum Gasteiger partial charge on any atom is 0.350 e. The van der Waals surface area contributed by atoms with Crippen molar-refractivity contribution in [2.75, 3.05) is 5.73 Å². The van der Waals surface area contributed by atoms with Crippen LogP contribution in [-0.2, 0) is 30.6 Å². The number of anilines is 1. The summed E-state index contributed by atoms with van der Waals surface area (Å²) in [4.78, 5) is 59.7. The Balaban J connectivity index is 1.54. The van der Waals surface area contributed by atoms with Crippen LogP contribution in [0.1, 0.15) is 19.5 Å². The van der Waals surface area contributed by atoms with Gasteiger partial charge in [0.1, 0.15) is 23.2 Å². The molecule has 2 aliphatic heterocycles. The van der Waals surface area contributed by atoms with Gasteiger partial charge in [-0.25, -0.2) is 14.3 Å². The molecule has 0 bridgehead atoms. The fraction of sp³-hybridized carbons (Fsp3) is 0.318. The SMILES string of the molecule is CC(C)(ON=C(C(=O)NC1C(=O)N2C(C(=O)[O-])C(C[n+]3ccccc3)=CSC12)c1csc(N)n1)C(=O)O. The molecule has 1 fully saturated rings. The number of rotatable bonds is 9. The van der Waals surface area contributed by atoms with Crippen LogP contribution < -0.4 is 20.7 Å². The van der Waals surface area contributed by atoms with Gasteiger partial charge in [0.25, 0.3) is 5.91 Å². The summed E-state index contributed by atoms with van der Waals surface area (Å²) in [5, 5.41) is 30.0. The van der Waals surface area contributed by atoms with E-state index < -0.39 is 46.8 Å². The fourth-order valence-electron chi connectivity index (χ4n) is 3.59. The summed E-state index contributed by atoms with van der Waals surface area (Å²) in [6, 6.07) is 3.04. The number of nitrogens with zero attached hydrogens (tertiary/aromatic N) is 4. The minimum absolute atomic E-state index is 0.0239. The number of β-lactam (4-membered cyclic amide) rings is 1. The van der Waals surface area contributed by atoms with E-state index in [1.54, 1.807) is 34.5 Å². The van der Waals surface area contributed by atoms with Crippen molar-refractivity contribution in [1.29, 1.82) is 0 Å². The van der Waals surface area contributed by atoms with Crippen LogP contribution in [0.3, 0.4) is 0 Å². The second kappa shape index (κ2) is 10.2. The van der Waals surface area contributed by atoms with Gasteiger partial charge in [0.2, 0.25) is 11.5 Å². The van der Waals surface area contributed by atoms with E-state index in [1.165, 1.54) is 31.0 Å². The topological polar surface area (TPSA) is 191 Å². The largest absolute Gasteiger partial charge is 0.548 e. The van der Waals surface area contributed by atoms with Crippen molar-refractivity contribution in [2.45, 2.75) is 43.5 Å². The van der Waals surface area contributed by atoms with Crippen molar-refractivity contribution in [2.24, 2.45) is 5.16 Å². The predicted molar refractivity (Wildman–Crippen MR) is 130 cm³/mol. The highest BCUT2D eigenvalue weighted by Crippen LogP contribution is 2.40. The molecule has 2 aliphatic rings. The summed E-state index contributed by atoms with van der Waals surface area (Å²) < 4.78 is 1.77. The lowest BCUT2D eigenvalue weighted by Crippen LogP contribution is -2.75. The molecule has 37 heavy (non-hydrogen) atoms. The van der Waals surface area contributed by atoms with E-state index in [9.17, 15) is 29.4 Å². The summed E-state index contributed by atoms with van der Waals surface area (Å²) in [5.74, 6) is -4.24. The molecular weight excluding hydrogens is 524 g/mol. The number of carboxylic acid groups (broad SMARTS) is 2. The van der Waals surface area contributed by atoms with Crippen molar-refractivity contribution < 1.29 is 38.8 Å². The average molecular weight is 547 g/mol. The van der Waals surface area contributed by atoms with Crippen LogP contribution in [0.2, 0.25) is 0 Å². The van der Waals surface area contributed by atoms with Crippen LogP contribution in [0.4, 0.5) is 5.13 Å². The summed E-state index contributed by atoms with van der Waals surface area (Å²) in [6.07, 6.45) is 3.54. The van der Waals surface area contributed by atoms with Crippen molar-refractivity contribution >= 4 is 57.7 Å². The highest BCUT2D eigenvalue weighted by atomic mass is 32.2. The molecule has 4 rings (SSSR count). The molecule has 194 valence electrons. The number of amides is 2. The number of nitrogen functional groups attached to an aromatic ring is 1. The van der Waals surface area contributed by atoms with Gasteiger partial charge >= 0.3 is 5.97 Å². The first-order chi connectivity index (χ1) is 17.5. The Morgan fingerprint density at radius 2 is 2.03 bits per heavy atom. The molecule has 3 atom stereocenters. The molecule has 0 saturated carbocycles. The number of pyridine rings is 1. The maximum absolute atomic E-state index is 13.1. The number of carbonyl (C=O) groups excluding carboxylic acids is 3. The summed E-state index contributed by atoms with van der Waals surface area (Å²) in [6.45, 7) is 2.72.